The third kappa shape index (κ3) is 5.89. The van der Waals surface area contributed by atoms with E-state index in [4.69, 9.17) is 14.2 Å². The first-order chi connectivity index (χ1) is 19.7. The Morgan fingerprint density at radius 3 is 2.17 bits per heavy atom. The number of esters is 2. The van der Waals surface area contributed by atoms with Crippen LogP contribution in [0.3, 0.4) is 0 Å². The van der Waals surface area contributed by atoms with E-state index in [1.54, 1.807) is 36.4 Å². The summed E-state index contributed by atoms with van der Waals surface area (Å²) in [7, 11) is 1.50. The molecule has 0 aromatic heterocycles. The molecule has 0 spiro atoms. The summed E-state index contributed by atoms with van der Waals surface area (Å²) < 4.78 is 15.6. The van der Waals surface area contributed by atoms with Crippen LogP contribution < -0.4 is 14.4 Å². The lowest BCUT2D eigenvalue weighted by atomic mass is 9.76. The first-order valence-corrected chi connectivity index (χ1v) is 13.4. The van der Waals surface area contributed by atoms with Gasteiger partial charge in [-0.15, -0.1) is 0 Å². The van der Waals surface area contributed by atoms with Gasteiger partial charge >= 0.3 is 11.9 Å². The lowest BCUT2D eigenvalue weighted by Crippen LogP contribution is -2.30. The van der Waals surface area contributed by atoms with Crippen LogP contribution in [0.25, 0.3) is 0 Å². The number of carbonyl (C=O) groups excluding carboxylic acids is 5. The molecule has 210 valence electrons. The maximum Gasteiger partial charge on any atom is 0.343 e. The molecule has 2 fully saturated rings. The van der Waals surface area contributed by atoms with E-state index >= 15 is 0 Å². The minimum absolute atomic E-state index is 0.186. The van der Waals surface area contributed by atoms with E-state index in [1.165, 1.54) is 48.4 Å². The van der Waals surface area contributed by atoms with Crippen molar-refractivity contribution in [2.75, 3.05) is 18.6 Å². The summed E-state index contributed by atoms with van der Waals surface area (Å²) in [6.45, 7) is 1.60. The van der Waals surface area contributed by atoms with Crippen molar-refractivity contribution in [2.24, 2.45) is 17.8 Å². The van der Waals surface area contributed by atoms with Gasteiger partial charge in [-0.2, -0.15) is 0 Å². The van der Waals surface area contributed by atoms with Gasteiger partial charge in [0.05, 0.1) is 35.8 Å². The van der Waals surface area contributed by atoms with Crippen LogP contribution in [0.1, 0.15) is 57.3 Å². The zero-order chi connectivity index (χ0) is 29.1. The van der Waals surface area contributed by atoms with Crippen LogP contribution in [0.15, 0.2) is 72.8 Å². The van der Waals surface area contributed by atoms with Gasteiger partial charge < -0.3 is 14.2 Å². The van der Waals surface area contributed by atoms with E-state index in [1.807, 2.05) is 0 Å². The molecule has 2 amide bonds. The van der Waals surface area contributed by atoms with Crippen LogP contribution >= 0.6 is 0 Å². The molecule has 9 heteroatoms. The second kappa shape index (κ2) is 11.8. The number of carbonyl (C=O) groups is 5. The first-order valence-electron chi connectivity index (χ1n) is 13.4. The van der Waals surface area contributed by atoms with Gasteiger partial charge in [0, 0.05) is 5.56 Å². The van der Waals surface area contributed by atoms with E-state index in [-0.39, 0.29) is 40.5 Å². The average molecular weight is 556 g/mol. The number of hydrogen-bond acceptors (Lipinski definition) is 8. The number of rotatable bonds is 8. The number of nitrogens with zero attached hydrogens (tertiary/aromatic N) is 1. The topological polar surface area (TPSA) is 116 Å². The Kier molecular flexibility index (Phi) is 7.96. The Hall–Kier alpha value is -4.79. The van der Waals surface area contributed by atoms with E-state index in [2.05, 4.69) is 6.92 Å². The summed E-state index contributed by atoms with van der Waals surface area (Å²) in [6, 6.07) is 18.5. The fourth-order valence-corrected chi connectivity index (χ4v) is 5.31. The predicted octanol–water partition coefficient (Wildman–Crippen LogP) is 4.88. The summed E-state index contributed by atoms with van der Waals surface area (Å²) in [5.74, 6) is -1.48. The van der Waals surface area contributed by atoms with E-state index in [0.717, 1.165) is 6.42 Å². The summed E-state index contributed by atoms with van der Waals surface area (Å²) in [6.07, 6.45) is 2.35. The molecule has 3 unspecified atom stereocenters. The van der Waals surface area contributed by atoms with Crippen LogP contribution in [0, 0.1) is 17.8 Å². The van der Waals surface area contributed by atoms with E-state index < -0.39 is 24.3 Å². The Labute approximate surface area is 237 Å². The molecule has 1 saturated carbocycles. The molecule has 3 aromatic rings. The lowest BCUT2D eigenvalue weighted by molar-refractivity contribution is -0.122. The molecule has 0 radical (unpaired) electrons. The van der Waals surface area contributed by atoms with Gasteiger partial charge in [-0.25, -0.2) is 9.59 Å². The minimum atomic E-state index is -0.713. The highest BCUT2D eigenvalue weighted by Gasteiger charge is 2.49. The number of benzene rings is 3. The number of anilines is 1. The van der Waals surface area contributed by atoms with Gasteiger partial charge in [0.1, 0.15) is 11.5 Å². The highest BCUT2D eigenvalue weighted by Crippen LogP contribution is 2.42. The Morgan fingerprint density at radius 1 is 0.780 bits per heavy atom. The summed E-state index contributed by atoms with van der Waals surface area (Å²) in [4.78, 5) is 64.6. The Balaban J connectivity index is 1.15. The summed E-state index contributed by atoms with van der Waals surface area (Å²) in [5.41, 5.74) is 1.19. The summed E-state index contributed by atoms with van der Waals surface area (Å²) in [5, 5.41) is 0. The van der Waals surface area contributed by atoms with E-state index in [0.29, 0.717) is 35.8 Å². The molecule has 0 bridgehead atoms. The molecule has 9 nitrogen and oxygen atoms in total. The number of amides is 2. The largest absolute Gasteiger partial charge is 0.497 e. The van der Waals surface area contributed by atoms with Crippen molar-refractivity contribution >= 4 is 35.2 Å². The molecule has 1 aliphatic heterocycles. The molecule has 3 atom stereocenters. The number of ketones is 1. The number of ether oxygens (including phenoxy) is 3. The molecule has 1 heterocycles. The number of methoxy groups -OCH3 is 1. The van der Waals surface area contributed by atoms with Crippen molar-refractivity contribution < 1.29 is 38.2 Å². The smallest absolute Gasteiger partial charge is 0.343 e. The minimum Gasteiger partial charge on any atom is -0.497 e. The molecular weight excluding hydrogens is 526 g/mol. The van der Waals surface area contributed by atoms with Crippen LogP contribution in [0.4, 0.5) is 5.69 Å². The Bertz CT molecular complexity index is 1490. The zero-order valence-corrected chi connectivity index (χ0v) is 22.7. The highest BCUT2D eigenvalue weighted by atomic mass is 16.5. The van der Waals surface area contributed by atoms with Crippen molar-refractivity contribution in [2.45, 2.75) is 26.2 Å². The van der Waals surface area contributed by atoms with Crippen LogP contribution in [-0.4, -0.2) is 43.3 Å². The quantitative estimate of drug-likeness (QED) is 0.167. The van der Waals surface area contributed by atoms with Gasteiger partial charge in [0.2, 0.25) is 11.8 Å². The van der Waals surface area contributed by atoms with Crippen LogP contribution in [-0.2, 0) is 14.3 Å². The van der Waals surface area contributed by atoms with Crippen molar-refractivity contribution in [3.8, 4) is 11.5 Å². The van der Waals surface area contributed by atoms with Crippen molar-refractivity contribution in [1.82, 2.24) is 0 Å². The molecule has 1 aliphatic carbocycles. The monoisotopic (exact) mass is 555 g/mol. The molecule has 0 N–H and O–H groups in total. The van der Waals surface area contributed by atoms with Gasteiger partial charge in [0.15, 0.2) is 12.4 Å². The highest BCUT2D eigenvalue weighted by molar-refractivity contribution is 6.22. The van der Waals surface area contributed by atoms with Crippen molar-refractivity contribution in [3.05, 3.63) is 89.5 Å². The third-order valence-corrected chi connectivity index (χ3v) is 7.58. The van der Waals surface area contributed by atoms with Crippen LogP contribution in [0.2, 0.25) is 0 Å². The molecule has 2 aliphatic rings. The standard InChI is InChI=1S/C32H29NO8/c1-19-6-15-26-27(16-19)30(36)33(29(26)35)23-11-7-21(8-12-23)31(37)40-18-28(34)20-9-13-24(14-10-20)41-32(38)22-4-3-5-25(17-22)39-2/h3-5,7-14,17,19,26-27H,6,15-16,18H2,1-2H3. The van der Waals surface area contributed by atoms with Gasteiger partial charge in [0.25, 0.3) is 0 Å². The number of hydrogen-bond donors (Lipinski definition) is 0. The summed E-state index contributed by atoms with van der Waals surface area (Å²) >= 11 is 0. The number of Topliss-reactive ketones (excluding diaryl/α,β-unsaturated/α-hetero) is 1. The van der Waals surface area contributed by atoms with Gasteiger partial charge in [-0.05, 0) is 91.9 Å². The van der Waals surface area contributed by atoms with E-state index in [9.17, 15) is 24.0 Å². The fourth-order valence-electron chi connectivity index (χ4n) is 5.31. The second-order valence-corrected chi connectivity index (χ2v) is 10.3. The predicted molar refractivity (Wildman–Crippen MR) is 148 cm³/mol. The van der Waals surface area contributed by atoms with Crippen molar-refractivity contribution in [3.63, 3.8) is 0 Å². The van der Waals surface area contributed by atoms with Crippen molar-refractivity contribution in [1.29, 1.82) is 0 Å². The Morgan fingerprint density at radius 2 is 1.46 bits per heavy atom. The first kappa shape index (κ1) is 27.8. The maximum atomic E-state index is 12.9. The second-order valence-electron chi connectivity index (χ2n) is 10.3. The third-order valence-electron chi connectivity index (χ3n) is 7.58. The number of imide groups is 1. The van der Waals surface area contributed by atoms with Gasteiger partial charge in [-0.3, -0.25) is 19.3 Å². The SMILES string of the molecule is COc1cccc(C(=O)Oc2ccc(C(=O)COC(=O)c3ccc(N4C(=O)C5CCC(C)CC5C4=O)cc3)cc2)c1. The zero-order valence-electron chi connectivity index (χ0n) is 22.7. The lowest BCUT2D eigenvalue weighted by Gasteiger charge is -2.25. The molecule has 41 heavy (non-hydrogen) atoms. The molecule has 3 aromatic carbocycles. The number of fused-ring (bicyclic) bond motifs is 1. The molecule has 1 saturated heterocycles. The van der Waals surface area contributed by atoms with Crippen LogP contribution in [0.5, 0.6) is 11.5 Å². The van der Waals surface area contributed by atoms with Gasteiger partial charge in [-0.1, -0.05) is 13.0 Å². The maximum absolute atomic E-state index is 12.9. The molecule has 5 rings (SSSR count). The fraction of sp³-hybridized carbons (Fsp3) is 0.281. The average Bonchev–Trinajstić information content (AvgIpc) is 3.24. The normalized spacial score (nSPS) is 19.9. The molecular formula is C32H29NO8.